The molecule has 0 unspecified atom stereocenters. The third kappa shape index (κ3) is 14.1. The summed E-state index contributed by atoms with van der Waals surface area (Å²) in [6.45, 7) is 3.76. The van der Waals surface area contributed by atoms with Crippen LogP contribution in [0.4, 0.5) is 0 Å². The number of nitrogens with zero attached hydrogens (tertiary/aromatic N) is 1. The van der Waals surface area contributed by atoms with Crippen LogP contribution in [0.2, 0.25) is 0 Å². The van der Waals surface area contributed by atoms with Gasteiger partial charge in [0.15, 0.2) is 6.54 Å². The molecule has 0 aromatic heterocycles. The van der Waals surface area contributed by atoms with Gasteiger partial charge in [0.25, 0.3) is 5.24 Å². The first-order chi connectivity index (χ1) is 8.98. The molecule has 19 heavy (non-hydrogen) atoms. The fourth-order valence-electron chi connectivity index (χ4n) is 2.44. The van der Waals surface area contributed by atoms with E-state index in [0.717, 1.165) is 11.0 Å². The van der Waals surface area contributed by atoms with Crippen LogP contribution in [0, 0.1) is 0 Å². The number of hydrogen-bond acceptors (Lipinski definition) is 1. The minimum atomic E-state index is -0.225. The number of carbonyl (C=O) groups excluding carboxylic acids is 1. The highest BCUT2D eigenvalue weighted by molar-refractivity contribution is 6.63. The summed E-state index contributed by atoms with van der Waals surface area (Å²) in [5, 5.41) is -0.225. The van der Waals surface area contributed by atoms with Crippen molar-refractivity contribution in [3.63, 3.8) is 0 Å². The van der Waals surface area contributed by atoms with E-state index in [1.165, 1.54) is 64.2 Å². The molecule has 0 fully saturated rings. The fraction of sp³-hybridized carbons (Fsp3) is 0.938. The van der Waals surface area contributed by atoms with Gasteiger partial charge in [-0.15, -0.1) is 0 Å². The maximum atomic E-state index is 10.9. The van der Waals surface area contributed by atoms with Crippen LogP contribution in [0.5, 0.6) is 0 Å². The Labute approximate surface area is 125 Å². The van der Waals surface area contributed by atoms with Crippen LogP contribution < -0.4 is 0 Å². The second-order valence-electron chi connectivity index (χ2n) is 6.35. The van der Waals surface area contributed by atoms with Crippen LogP contribution in [0.15, 0.2) is 0 Å². The summed E-state index contributed by atoms with van der Waals surface area (Å²) in [5.41, 5.74) is 0. The van der Waals surface area contributed by atoms with Crippen LogP contribution in [0.3, 0.4) is 0 Å². The maximum Gasteiger partial charge on any atom is 0.276 e. The molecule has 0 aromatic carbocycles. The monoisotopic (exact) mass is 290 g/mol. The topological polar surface area (TPSA) is 17.1 Å². The SMILES string of the molecule is CCCCCCCCCCCC[N+](C)(C)CC(=O)Cl. The third-order valence-electron chi connectivity index (χ3n) is 3.67. The highest BCUT2D eigenvalue weighted by Gasteiger charge is 2.17. The number of carbonyl (C=O) groups is 1. The van der Waals surface area contributed by atoms with Gasteiger partial charge in [-0.25, -0.2) is 0 Å². The Bertz CT molecular complexity index is 229. The molecule has 0 saturated carbocycles. The summed E-state index contributed by atoms with van der Waals surface area (Å²) < 4.78 is 0.722. The number of hydrogen-bond donors (Lipinski definition) is 0. The van der Waals surface area contributed by atoms with E-state index in [2.05, 4.69) is 21.0 Å². The Morgan fingerprint density at radius 1 is 0.842 bits per heavy atom. The predicted molar refractivity (Wildman–Crippen MR) is 84.5 cm³/mol. The number of quaternary nitrogens is 1. The van der Waals surface area contributed by atoms with Crippen LogP contribution in [-0.2, 0) is 4.79 Å². The molecule has 0 amide bonds. The van der Waals surface area contributed by atoms with Gasteiger partial charge in [0.1, 0.15) is 0 Å². The summed E-state index contributed by atoms with van der Waals surface area (Å²) in [6.07, 6.45) is 13.5. The van der Waals surface area contributed by atoms with Gasteiger partial charge in [-0.3, -0.25) is 4.79 Å². The van der Waals surface area contributed by atoms with Crippen molar-refractivity contribution in [2.75, 3.05) is 27.2 Å². The Morgan fingerprint density at radius 2 is 1.26 bits per heavy atom. The molecule has 0 radical (unpaired) electrons. The van der Waals surface area contributed by atoms with Gasteiger partial charge in [0.05, 0.1) is 20.6 Å². The molecule has 0 aromatic rings. The van der Waals surface area contributed by atoms with Gasteiger partial charge in [-0.05, 0) is 24.4 Å². The zero-order valence-corrected chi connectivity index (χ0v) is 14.0. The second-order valence-corrected chi connectivity index (χ2v) is 6.78. The van der Waals surface area contributed by atoms with Crippen molar-refractivity contribution >= 4 is 16.8 Å². The van der Waals surface area contributed by atoms with E-state index in [1.807, 2.05) is 0 Å². The first-order valence-electron chi connectivity index (χ1n) is 7.98. The Morgan fingerprint density at radius 3 is 1.68 bits per heavy atom. The quantitative estimate of drug-likeness (QED) is 0.272. The van der Waals surface area contributed by atoms with Crippen LogP contribution >= 0.6 is 11.6 Å². The van der Waals surface area contributed by atoms with E-state index < -0.39 is 0 Å². The van der Waals surface area contributed by atoms with Crippen LogP contribution in [0.1, 0.15) is 71.1 Å². The molecule has 0 rings (SSSR count). The number of halogens is 1. The van der Waals surface area contributed by atoms with Crippen molar-refractivity contribution < 1.29 is 9.28 Å². The molecule has 3 heteroatoms. The molecule has 0 spiro atoms. The van der Waals surface area contributed by atoms with E-state index in [1.54, 1.807) is 0 Å². The molecule has 0 aliphatic carbocycles. The van der Waals surface area contributed by atoms with Crippen molar-refractivity contribution in [2.24, 2.45) is 0 Å². The minimum Gasteiger partial charge on any atom is -0.321 e. The smallest absolute Gasteiger partial charge is 0.276 e. The molecule has 0 N–H and O–H groups in total. The summed E-state index contributed by atoms with van der Waals surface area (Å²) in [5.74, 6) is 0. The lowest BCUT2D eigenvalue weighted by molar-refractivity contribution is -0.882. The fourth-order valence-corrected chi connectivity index (χ4v) is 2.77. The molecule has 0 atom stereocenters. The molecular weight excluding hydrogens is 258 g/mol. The minimum absolute atomic E-state index is 0.225. The van der Waals surface area contributed by atoms with E-state index in [9.17, 15) is 4.79 Å². The van der Waals surface area contributed by atoms with Gasteiger partial charge in [0.2, 0.25) is 0 Å². The maximum absolute atomic E-state index is 10.9. The summed E-state index contributed by atoms with van der Waals surface area (Å²) in [7, 11) is 4.15. The van der Waals surface area contributed by atoms with E-state index in [4.69, 9.17) is 11.6 Å². The molecule has 114 valence electrons. The molecular formula is C16H33ClNO+. The molecule has 0 aliphatic heterocycles. The van der Waals surface area contributed by atoms with Gasteiger partial charge in [0, 0.05) is 0 Å². The highest BCUT2D eigenvalue weighted by atomic mass is 35.5. The highest BCUT2D eigenvalue weighted by Crippen LogP contribution is 2.11. The lowest BCUT2D eigenvalue weighted by Crippen LogP contribution is -2.43. The summed E-state index contributed by atoms with van der Waals surface area (Å²) in [4.78, 5) is 10.9. The van der Waals surface area contributed by atoms with Crippen molar-refractivity contribution in [3.05, 3.63) is 0 Å². The number of likely N-dealkylation sites (N-methyl/N-ethyl adjacent to an activating group) is 1. The Kier molecular flexibility index (Phi) is 11.7. The Balaban J connectivity index is 3.28. The van der Waals surface area contributed by atoms with Crippen LogP contribution in [0.25, 0.3) is 0 Å². The van der Waals surface area contributed by atoms with Crippen molar-refractivity contribution in [1.82, 2.24) is 0 Å². The van der Waals surface area contributed by atoms with Gasteiger partial charge < -0.3 is 4.48 Å². The van der Waals surface area contributed by atoms with Crippen LogP contribution in [-0.4, -0.2) is 36.9 Å². The third-order valence-corrected chi connectivity index (χ3v) is 3.79. The first kappa shape index (κ1) is 18.9. The lowest BCUT2D eigenvalue weighted by atomic mass is 10.1. The molecule has 0 saturated heterocycles. The molecule has 0 bridgehead atoms. The summed E-state index contributed by atoms with van der Waals surface area (Å²) in [6, 6.07) is 0. The van der Waals surface area contributed by atoms with E-state index in [0.29, 0.717) is 6.54 Å². The largest absolute Gasteiger partial charge is 0.321 e. The number of rotatable bonds is 13. The zero-order valence-electron chi connectivity index (χ0n) is 13.2. The van der Waals surface area contributed by atoms with Crippen molar-refractivity contribution in [1.29, 1.82) is 0 Å². The van der Waals surface area contributed by atoms with Crippen molar-refractivity contribution in [2.45, 2.75) is 71.1 Å². The molecule has 0 aliphatic rings. The van der Waals surface area contributed by atoms with Gasteiger partial charge >= 0.3 is 0 Å². The molecule has 0 heterocycles. The van der Waals surface area contributed by atoms with Gasteiger partial charge in [-0.2, -0.15) is 0 Å². The average Bonchev–Trinajstić information content (AvgIpc) is 2.30. The van der Waals surface area contributed by atoms with Crippen molar-refractivity contribution in [3.8, 4) is 0 Å². The average molecular weight is 291 g/mol. The van der Waals surface area contributed by atoms with E-state index >= 15 is 0 Å². The first-order valence-corrected chi connectivity index (χ1v) is 8.36. The second kappa shape index (κ2) is 11.7. The van der Waals surface area contributed by atoms with E-state index in [-0.39, 0.29) is 5.24 Å². The number of unbranched alkanes of at least 4 members (excludes halogenated alkanes) is 9. The predicted octanol–water partition coefficient (Wildman–Crippen LogP) is 4.75. The standard InChI is InChI=1S/C16H33ClNO/c1-4-5-6-7-8-9-10-11-12-13-14-18(2,3)15-16(17)19/h4-15H2,1-3H3/q+1. The summed E-state index contributed by atoms with van der Waals surface area (Å²) >= 11 is 5.44. The lowest BCUT2D eigenvalue weighted by Gasteiger charge is -2.27. The zero-order chi connectivity index (χ0) is 14.6. The van der Waals surface area contributed by atoms with Gasteiger partial charge in [-0.1, -0.05) is 58.3 Å². The normalized spacial score (nSPS) is 11.8. The Hall–Kier alpha value is -0.0800. The molecule has 2 nitrogen and oxygen atoms in total.